The van der Waals surface area contributed by atoms with Crippen LogP contribution in [0.2, 0.25) is 0 Å². The lowest BCUT2D eigenvalue weighted by atomic mass is 9.95. The first-order valence-corrected chi connectivity index (χ1v) is 6.35. The van der Waals surface area contributed by atoms with E-state index in [1.807, 2.05) is 6.07 Å². The maximum absolute atomic E-state index is 9.92. The van der Waals surface area contributed by atoms with Gasteiger partial charge in [-0.2, -0.15) is 0 Å². The fourth-order valence-corrected chi connectivity index (χ4v) is 2.93. The Morgan fingerprint density at radius 1 is 1.50 bits per heavy atom. The molecular formula is C14H22N2O2. The molecule has 0 saturated carbocycles. The molecular weight excluding hydrogens is 228 g/mol. The Kier molecular flexibility index (Phi) is 3.78. The van der Waals surface area contributed by atoms with Crippen LogP contribution < -0.4 is 10.5 Å². The molecule has 2 atom stereocenters. The van der Waals surface area contributed by atoms with Gasteiger partial charge in [0, 0.05) is 18.2 Å². The summed E-state index contributed by atoms with van der Waals surface area (Å²) in [5.74, 6) is 1.33. The van der Waals surface area contributed by atoms with Gasteiger partial charge in [-0.3, -0.25) is 4.90 Å². The van der Waals surface area contributed by atoms with Crippen molar-refractivity contribution in [3.8, 4) is 11.5 Å². The predicted octanol–water partition coefficient (Wildman–Crippen LogP) is 1.66. The zero-order chi connectivity index (χ0) is 13.3. The van der Waals surface area contributed by atoms with Gasteiger partial charge < -0.3 is 15.6 Å². The van der Waals surface area contributed by atoms with Gasteiger partial charge in [-0.1, -0.05) is 6.07 Å². The number of aromatic hydroxyl groups is 1. The molecule has 1 aromatic carbocycles. The van der Waals surface area contributed by atoms with Crippen molar-refractivity contribution < 1.29 is 9.84 Å². The summed E-state index contributed by atoms with van der Waals surface area (Å²) in [6, 6.07) is 3.91. The largest absolute Gasteiger partial charge is 0.504 e. The summed E-state index contributed by atoms with van der Waals surface area (Å²) in [6.45, 7) is 3.77. The van der Waals surface area contributed by atoms with Gasteiger partial charge in [-0.15, -0.1) is 0 Å². The number of ether oxygens (including phenoxy) is 1. The van der Waals surface area contributed by atoms with Gasteiger partial charge in [-0.25, -0.2) is 0 Å². The summed E-state index contributed by atoms with van der Waals surface area (Å²) in [6.07, 6.45) is 1.02. The van der Waals surface area contributed by atoms with E-state index in [4.69, 9.17) is 10.5 Å². The normalized spacial score (nSPS) is 24.4. The quantitative estimate of drug-likeness (QED) is 0.856. The van der Waals surface area contributed by atoms with Gasteiger partial charge in [-0.05, 0) is 44.5 Å². The van der Waals surface area contributed by atoms with Crippen molar-refractivity contribution in [1.82, 2.24) is 4.90 Å². The molecule has 0 amide bonds. The number of likely N-dealkylation sites (tertiary alicyclic amines) is 1. The average Bonchev–Trinajstić information content (AvgIpc) is 2.73. The highest BCUT2D eigenvalue weighted by atomic mass is 16.5. The van der Waals surface area contributed by atoms with Crippen LogP contribution in [-0.2, 0) is 0 Å². The second-order valence-electron chi connectivity index (χ2n) is 5.14. The first-order valence-electron chi connectivity index (χ1n) is 6.35. The van der Waals surface area contributed by atoms with Crippen molar-refractivity contribution in [2.24, 2.45) is 11.7 Å². The lowest BCUT2D eigenvalue weighted by Gasteiger charge is -2.24. The van der Waals surface area contributed by atoms with Gasteiger partial charge in [0.1, 0.15) is 0 Å². The van der Waals surface area contributed by atoms with Crippen molar-refractivity contribution in [1.29, 1.82) is 0 Å². The molecule has 1 aromatic rings. The van der Waals surface area contributed by atoms with Gasteiger partial charge >= 0.3 is 0 Å². The summed E-state index contributed by atoms with van der Waals surface area (Å²) < 4.78 is 5.38. The third-order valence-corrected chi connectivity index (χ3v) is 3.90. The van der Waals surface area contributed by atoms with Crippen LogP contribution in [0.4, 0.5) is 0 Å². The van der Waals surface area contributed by atoms with E-state index in [0.717, 1.165) is 24.1 Å². The number of rotatable bonds is 3. The van der Waals surface area contributed by atoms with Crippen LogP contribution in [0.25, 0.3) is 0 Å². The molecule has 3 N–H and O–H groups in total. The van der Waals surface area contributed by atoms with E-state index in [2.05, 4.69) is 18.9 Å². The van der Waals surface area contributed by atoms with Gasteiger partial charge in [0.15, 0.2) is 11.5 Å². The maximum atomic E-state index is 9.92. The Bertz CT molecular complexity index is 434. The lowest BCUT2D eigenvalue weighted by Crippen LogP contribution is -2.21. The summed E-state index contributed by atoms with van der Waals surface area (Å²) in [5.41, 5.74) is 8.01. The van der Waals surface area contributed by atoms with E-state index in [-0.39, 0.29) is 11.8 Å². The first kappa shape index (κ1) is 13.2. The molecule has 1 saturated heterocycles. The van der Waals surface area contributed by atoms with Gasteiger partial charge in [0.05, 0.1) is 7.11 Å². The minimum atomic E-state index is 0.211. The van der Waals surface area contributed by atoms with Crippen LogP contribution in [0.1, 0.15) is 23.6 Å². The third-order valence-electron chi connectivity index (χ3n) is 3.90. The molecule has 0 radical (unpaired) electrons. The van der Waals surface area contributed by atoms with Crippen LogP contribution in [0.15, 0.2) is 12.1 Å². The molecule has 1 aliphatic heterocycles. The number of nitrogens with zero attached hydrogens (tertiary/aromatic N) is 1. The molecule has 0 aliphatic carbocycles. The van der Waals surface area contributed by atoms with E-state index in [0.29, 0.717) is 18.2 Å². The highest BCUT2D eigenvalue weighted by molar-refractivity contribution is 5.51. The lowest BCUT2D eigenvalue weighted by molar-refractivity contribution is 0.297. The summed E-state index contributed by atoms with van der Waals surface area (Å²) >= 11 is 0. The number of phenolic OH excluding ortho intramolecular Hbond substituents is 1. The maximum Gasteiger partial charge on any atom is 0.165 e. The van der Waals surface area contributed by atoms with Gasteiger partial charge in [0.2, 0.25) is 0 Å². The fraction of sp³-hybridized carbons (Fsp3) is 0.571. The first-order chi connectivity index (χ1) is 8.58. The number of methoxy groups -OCH3 is 1. The van der Waals surface area contributed by atoms with Crippen LogP contribution in [0.5, 0.6) is 11.5 Å². The Hall–Kier alpha value is -1.26. The van der Waals surface area contributed by atoms with Crippen molar-refractivity contribution in [2.75, 3.05) is 27.2 Å². The molecule has 0 bridgehead atoms. The Labute approximate surface area is 108 Å². The van der Waals surface area contributed by atoms with Crippen molar-refractivity contribution in [3.63, 3.8) is 0 Å². The standard InChI is InChI=1S/C14H22N2O2/c1-9-4-5-12(17)14(18-3)13(9)11-6-10(7-15)8-16(11)2/h4-5,10-11,17H,6-8,15H2,1-3H3. The van der Waals surface area contributed by atoms with E-state index < -0.39 is 0 Å². The number of hydrogen-bond donors (Lipinski definition) is 2. The fourth-order valence-electron chi connectivity index (χ4n) is 2.93. The van der Waals surface area contributed by atoms with Gasteiger partial charge in [0.25, 0.3) is 0 Å². The Balaban J connectivity index is 2.41. The SMILES string of the molecule is COc1c(O)ccc(C)c1C1CC(CN)CN1C. The Morgan fingerprint density at radius 3 is 2.78 bits per heavy atom. The smallest absolute Gasteiger partial charge is 0.165 e. The molecule has 100 valence electrons. The average molecular weight is 250 g/mol. The van der Waals surface area contributed by atoms with Crippen LogP contribution in [-0.4, -0.2) is 37.3 Å². The van der Waals surface area contributed by atoms with E-state index in [9.17, 15) is 5.11 Å². The zero-order valence-electron chi connectivity index (χ0n) is 11.3. The minimum absolute atomic E-state index is 0.211. The number of phenols is 1. The predicted molar refractivity (Wildman–Crippen MR) is 71.9 cm³/mol. The topological polar surface area (TPSA) is 58.7 Å². The molecule has 1 fully saturated rings. The number of nitrogens with two attached hydrogens (primary N) is 1. The molecule has 2 unspecified atom stereocenters. The van der Waals surface area contributed by atoms with Crippen molar-refractivity contribution in [2.45, 2.75) is 19.4 Å². The molecule has 4 heteroatoms. The molecule has 2 rings (SSSR count). The second-order valence-corrected chi connectivity index (χ2v) is 5.14. The number of benzene rings is 1. The van der Waals surface area contributed by atoms with E-state index >= 15 is 0 Å². The molecule has 1 heterocycles. The summed E-state index contributed by atoms with van der Waals surface area (Å²) in [4.78, 5) is 2.29. The van der Waals surface area contributed by atoms with Crippen LogP contribution in [0.3, 0.4) is 0 Å². The minimum Gasteiger partial charge on any atom is -0.504 e. The number of aryl methyl sites for hydroxylation is 1. The second kappa shape index (κ2) is 5.16. The van der Waals surface area contributed by atoms with Crippen LogP contribution >= 0.6 is 0 Å². The highest BCUT2D eigenvalue weighted by Crippen LogP contribution is 2.43. The summed E-state index contributed by atoms with van der Waals surface area (Å²) in [7, 11) is 3.70. The summed E-state index contributed by atoms with van der Waals surface area (Å²) in [5, 5.41) is 9.92. The third kappa shape index (κ3) is 2.18. The van der Waals surface area contributed by atoms with Crippen LogP contribution in [0, 0.1) is 12.8 Å². The van der Waals surface area contributed by atoms with Crippen molar-refractivity contribution in [3.05, 3.63) is 23.3 Å². The number of hydrogen-bond acceptors (Lipinski definition) is 4. The Morgan fingerprint density at radius 2 is 2.22 bits per heavy atom. The molecule has 1 aliphatic rings. The molecule has 0 spiro atoms. The van der Waals surface area contributed by atoms with E-state index in [1.165, 1.54) is 0 Å². The molecule has 18 heavy (non-hydrogen) atoms. The molecule has 0 aromatic heterocycles. The zero-order valence-corrected chi connectivity index (χ0v) is 11.3. The van der Waals surface area contributed by atoms with Crippen molar-refractivity contribution >= 4 is 0 Å². The monoisotopic (exact) mass is 250 g/mol. The molecule has 4 nitrogen and oxygen atoms in total. The van der Waals surface area contributed by atoms with E-state index in [1.54, 1.807) is 13.2 Å². The highest BCUT2D eigenvalue weighted by Gasteiger charge is 2.33.